The van der Waals surface area contributed by atoms with E-state index in [0.717, 1.165) is 16.5 Å². The van der Waals surface area contributed by atoms with Crippen LogP contribution < -0.4 is 15.2 Å². The Kier molecular flexibility index (Phi) is 7.53. The van der Waals surface area contributed by atoms with Crippen LogP contribution in [-0.4, -0.2) is 45.2 Å². The van der Waals surface area contributed by atoms with E-state index >= 15 is 0 Å². The molecule has 0 saturated carbocycles. The van der Waals surface area contributed by atoms with Crippen LogP contribution in [0.3, 0.4) is 0 Å². The van der Waals surface area contributed by atoms with Crippen LogP contribution in [0.25, 0.3) is 0 Å². The molecule has 0 bridgehead atoms. The number of ether oxygens (including phenoxy) is 2. The summed E-state index contributed by atoms with van der Waals surface area (Å²) >= 11 is 3.49. The molecule has 1 aromatic rings. The highest BCUT2D eigenvalue weighted by molar-refractivity contribution is 9.10. The molecule has 0 aromatic heterocycles. The molecule has 0 aliphatic rings. The van der Waals surface area contributed by atoms with Crippen molar-refractivity contribution in [2.75, 3.05) is 34.4 Å². The van der Waals surface area contributed by atoms with E-state index < -0.39 is 0 Å². The second kappa shape index (κ2) is 8.89. The molecule has 118 valence electrons. The van der Waals surface area contributed by atoms with Crippen molar-refractivity contribution in [2.45, 2.75) is 19.3 Å². The van der Waals surface area contributed by atoms with Crippen molar-refractivity contribution in [1.29, 1.82) is 0 Å². The lowest BCUT2D eigenvalue weighted by atomic mass is 10.1. The number of hydrogen-bond donors (Lipinski definition) is 1. The Balaban J connectivity index is 2.64. The van der Waals surface area contributed by atoms with Crippen LogP contribution in [0.1, 0.15) is 18.4 Å². The number of nitrogens with two attached hydrogens (primary N) is 1. The molecule has 0 atom stereocenters. The number of methoxy groups -OCH3 is 1. The highest BCUT2D eigenvalue weighted by Gasteiger charge is 2.12. The Hall–Kier alpha value is -1.27. The predicted molar refractivity (Wildman–Crippen MR) is 86.9 cm³/mol. The lowest BCUT2D eigenvalue weighted by Crippen LogP contribution is -2.21. The van der Waals surface area contributed by atoms with Crippen LogP contribution in [0.15, 0.2) is 16.6 Å². The minimum Gasteiger partial charge on any atom is -0.493 e. The molecule has 5 nitrogen and oxygen atoms in total. The van der Waals surface area contributed by atoms with Crippen LogP contribution in [0.2, 0.25) is 0 Å². The van der Waals surface area contributed by atoms with Gasteiger partial charge in [0.1, 0.15) is 0 Å². The van der Waals surface area contributed by atoms with Crippen molar-refractivity contribution < 1.29 is 14.3 Å². The average Bonchev–Trinajstić information content (AvgIpc) is 2.44. The summed E-state index contributed by atoms with van der Waals surface area (Å²) in [5.41, 5.74) is 6.66. The molecule has 0 aliphatic heterocycles. The maximum atomic E-state index is 11.5. The van der Waals surface area contributed by atoms with Crippen molar-refractivity contribution in [1.82, 2.24) is 4.90 Å². The summed E-state index contributed by atoms with van der Waals surface area (Å²) in [6, 6.07) is 3.91. The monoisotopic (exact) mass is 358 g/mol. The fourth-order valence-corrected chi connectivity index (χ4v) is 2.45. The predicted octanol–water partition coefficient (Wildman–Crippen LogP) is 2.21. The van der Waals surface area contributed by atoms with Crippen molar-refractivity contribution >= 4 is 21.8 Å². The van der Waals surface area contributed by atoms with Gasteiger partial charge in [0.15, 0.2) is 11.5 Å². The van der Waals surface area contributed by atoms with E-state index in [-0.39, 0.29) is 5.91 Å². The van der Waals surface area contributed by atoms with Gasteiger partial charge in [0.25, 0.3) is 0 Å². The summed E-state index contributed by atoms with van der Waals surface area (Å²) in [4.78, 5) is 13.1. The first-order valence-electron chi connectivity index (χ1n) is 6.89. The van der Waals surface area contributed by atoms with E-state index in [1.165, 1.54) is 0 Å². The Bertz CT molecular complexity index is 478. The molecule has 6 heteroatoms. The molecular formula is C15H23BrN2O3. The normalized spacial score (nSPS) is 10.3. The second-order valence-electron chi connectivity index (χ2n) is 4.89. The van der Waals surface area contributed by atoms with Crippen LogP contribution in [0.5, 0.6) is 11.5 Å². The molecule has 0 fully saturated rings. The van der Waals surface area contributed by atoms with Gasteiger partial charge in [-0.3, -0.25) is 4.79 Å². The van der Waals surface area contributed by atoms with Crippen molar-refractivity contribution in [3.05, 3.63) is 22.2 Å². The molecule has 0 unspecified atom stereocenters. The summed E-state index contributed by atoms with van der Waals surface area (Å²) in [7, 11) is 5.11. The molecule has 2 N–H and O–H groups in total. The van der Waals surface area contributed by atoms with E-state index in [1.807, 2.05) is 12.1 Å². The first-order valence-corrected chi connectivity index (χ1v) is 7.68. The Morgan fingerprint density at radius 2 is 2.10 bits per heavy atom. The molecule has 0 heterocycles. The fraction of sp³-hybridized carbons (Fsp3) is 0.533. The highest BCUT2D eigenvalue weighted by atomic mass is 79.9. The number of carbonyl (C=O) groups excluding carboxylic acids is 1. The Labute approximate surface area is 134 Å². The third-order valence-corrected chi connectivity index (χ3v) is 3.59. The van der Waals surface area contributed by atoms with Crippen LogP contribution in [0, 0.1) is 0 Å². The maximum absolute atomic E-state index is 11.5. The average molecular weight is 359 g/mol. The smallest absolute Gasteiger partial charge is 0.222 e. The molecule has 0 saturated heterocycles. The number of hydrogen-bond acceptors (Lipinski definition) is 4. The maximum Gasteiger partial charge on any atom is 0.222 e. The van der Waals surface area contributed by atoms with Gasteiger partial charge in [-0.15, -0.1) is 0 Å². The quantitative estimate of drug-likeness (QED) is 0.723. The molecule has 0 radical (unpaired) electrons. The van der Waals surface area contributed by atoms with E-state index in [1.54, 1.807) is 26.1 Å². The molecular weight excluding hydrogens is 336 g/mol. The number of nitrogens with zero attached hydrogens (tertiary/aromatic N) is 1. The first-order chi connectivity index (χ1) is 9.99. The van der Waals surface area contributed by atoms with Gasteiger partial charge in [-0.05, 0) is 53.0 Å². The standard InChI is InChI=1S/C15H23BrN2O3/c1-18(2)14(19)5-4-8-21-15-12(16)9-11(6-7-17)10-13(15)20-3/h9-10H,4-8,17H2,1-3H3. The third-order valence-electron chi connectivity index (χ3n) is 3.00. The number of amides is 1. The Morgan fingerprint density at radius 1 is 1.38 bits per heavy atom. The second-order valence-corrected chi connectivity index (χ2v) is 5.74. The third kappa shape index (κ3) is 5.55. The van der Waals surface area contributed by atoms with Crippen molar-refractivity contribution in [3.63, 3.8) is 0 Å². The Morgan fingerprint density at radius 3 is 2.67 bits per heavy atom. The summed E-state index contributed by atoms with van der Waals surface area (Å²) in [5, 5.41) is 0. The van der Waals surface area contributed by atoms with Gasteiger partial charge < -0.3 is 20.1 Å². The number of rotatable bonds is 8. The lowest BCUT2D eigenvalue weighted by molar-refractivity contribution is -0.128. The van der Waals surface area contributed by atoms with Crippen LogP contribution >= 0.6 is 15.9 Å². The lowest BCUT2D eigenvalue weighted by Gasteiger charge is -2.15. The van der Waals surface area contributed by atoms with Crippen molar-refractivity contribution in [2.24, 2.45) is 5.73 Å². The molecule has 0 aliphatic carbocycles. The SMILES string of the molecule is COc1cc(CCN)cc(Br)c1OCCCC(=O)N(C)C. The van der Waals surface area contributed by atoms with Gasteiger partial charge in [-0.25, -0.2) is 0 Å². The molecule has 0 spiro atoms. The van der Waals surface area contributed by atoms with E-state index in [9.17, 15) is 4.79 Å². The van der Waals surface area contributed by atoms with Gasteiger partial charge in [-0.2, -0.15) is 0 Å². The zero-order valence-corrected chi connectivity index (χ0v) is 14.4. The van der Waals surface area contributed by atoms with Crippen molar-refractivity contribution in [3.8, 4) is 11.5 Å². The fourth-order valence-electron chi connectivity index (χ4n) is 1.85. The van der Waals surface area contributed by atoms with Crippen LogP contribution in [-0.2, 0) is 11.2 Å². The summed E-state index contributed by atoms with van der Waals surface area (Å²) in [5.74, 6) is 1.44. The van der Waals surface area contributed by atoms with Gasteiger partial charge in [0.2, 0.25) is 5.91 Å². The minimum atomic E-state index is 0.0999. The van der Waals surface area contributed by atoms with E-state index in [0.29, 0.717) is 37.5 Å². The molecule has 1 amide bonds. The van der Waals surface area contributed by atoms with Gasteiger partial charge >= 0.3 is 0 Å². The molecule has 1 rings (SSSR count). The van der Waals surface area contributed by atoms with Crippen LogP contribution in [0.4, 0.5) is 0 Å². The van der Waals surface area contributed by atoms with Gasteiger partial charge in [-0.1, -0.05) is 0 Å². The van der Waals surface area contributed by atoms with Gasteiger partial charge in [0.05, 0.1) is 18.2 Å². The number of carbonyl (C=O) groups is 1. The van der Waals surface area contributed by atoms with Gasteiger partial charge in [0, 0.05) is 20.5 Å². The number of halogens is 1. The zero-order valence-electron chi connectivity index (χ0n) is 12.8. The molecule has 21 heavy (non-hydrogen) atoms. The van der Waals surface area contributed by atoms with E-state index in [4.69, 9.17) is 15.2 Å². The molecule has 1 aromatic carbocycles. The summed E-state index contributed by atoms with van der Waals surface area (Å²) in [6.07, 6.45) is 1.92. The first kappa shape index (κ1) is 17.8. The zero-order chi connectivity index (χ0) is 15.8. The number of benzene rings is 1. The van der Waals surface area contributed by atoms with E-state index in [2.05, 4.69) is 15.9 Å². The largest absolute Gasteiger partial charge is 0.493 e. The summed E-state index contributed by atoms with van der Waals surface area (Å²) in [6.45, 7) is 1.05. The topological polar surface area (TPSA) is 64.8 Å². The highest BCUT2D eigenvalue weighted by Crippen LogP contribution is 2.36. The summed E-state index contributed by atoms with van der Waals surface area (Å²) < 4.78 is 11.9. The minimum absolute atomic E-state index is 0.0999.